The number of hydrogen-bond acceptors (Lipinski definition) is 6. The Labute approximate surface area is 236 Å². The van der Waals surface area contributed by atoms with E-state index in [2.05, 4.69) is 6.07 Å². The summed E-state index contributed by atoms with van der Waals surface area (Å²) in [5, 5.41) is 0. The van der Waals surface area contributed by atoms with E-state index in [4.69, 9.17) is 9.47 Å². The van der Waals surface area contributed by atoms with E-state index in [-0.39, 0.29) is 35.3 Å². The normalized spacial score (nSPS) is 21.1. The molecular weight excluding hydrogens is 506 g/mol. The van der Waals surface area contributed by atoms with E-state index in [0.29, 0.717) is 58.2 Å². The number of rotatable bonds is 6. The largest absolute Gasteiger partial charge is 0.489 e. The van der Waals surface area contributed by atoms with Gasteiger partial charge in [-0.05, 0) is 75.6 Å². The minimum atomic E-state index is -0.531. The van der Waals surface area contributed by atoms with Gasteiger partial charge in [-0.3, -0.25) is 19.3 Å². The number of carbonyl (C=O) groups excluding carboxylic acids is 4. The highest BCUT2D eigenvalue weighted by atomic mass is 16.6. The van der Waals surface area contributed by atoms with E-state index in [9.17, 15) is 19.2 Å². The molecule has 0 aromatic heterocycles. The van der Waals surface area contributed by atoms with Crippen molar-refractivity contribution in [2.45, 2.75) is 97.4 Å². The number of amides is 1. The second-order valence-electron chi connectivity index (χ2n) is 12.4. The molecule has 0 spiro atoms. The van der Waals surface area contributed by atoms with Crippen LogP contribution in [0, 0.1) is 11.8 Å². The molecule has 3 aliphatic rings. The standard InChI is InChI=1S/C33H39NO6/c1-33(2,3)40-32(38)34-18-24-8-7-21(17-25(24)19-34)20-39-30-6-4-5-28-27(30)15-12-23(31(28)37)10-9-22-11-13-26(35)14-16-29(22)36/h4-8,17,22-23H,9-16,18-20H2,1-3H3. The fourth-order valence-electron chi connectivity index (χ4n) is 6.08. The van der Waals surface area contributed by atoms with Crippen LogP contribution in [0.25, 0.3) is 0 Å². The number of hydrogen-bond donors (Lipinski definition) is 0. The number of benzene rings is 2. The fraction of sp³-hybridized carbons (Fsp3) is 0.515. The summed E-state index contributed by atoms with van der Waals surface area (Å²) in [4.78, 5) is 51.8. The van der Waals surface area contributed by atoms with Crippen molar-refractivity contribution in [3.8, 4) is 5.75 Å². The average molecular weight is 546 g/mol. The maximum absolute atomic E-state index is 13.4. The maximum Gasteiger partial charge on any atom is 0.410 e. The highest BCUT2D eigenvalue weighted by molar-refractivity contribution is 6.00. The summed E-state index contributed by atoms with van der Waals surface area (Å²) in [6.07, 6.45) is 4.36. The number of ether oxygens (including phenoxy) is 2. The summed E-state index contributed by atoms with van der Waals surface area (Å²) >= 11 is 0. The van der Waals surface area contributed by atoms with Gasteiger partial charge in [0, 0.05) is 55.3 Å². The molecule has 2 aliphatic carbocycles. The van der Waals surface area contributed by atoms with Gasteiger partial charge < -0.3 is 9.47 Å². The maximum atomic E-state index is 13.4. The molecule has 1 saturated carbocycles. The van der Waals surface area contributed by atoms with Gasteiger partial charge in [-0.1, -0.05) is 30.3 Å². The molecule has 0 radical (unpaired) electrons. The molecule has 1 fully saturated rings. The molecule has 2 atom stereocenters. The lowest BCUT2D eigenvalue weighted by molar-refractivity contribution is -0.124. The Kier molecular flexibility index (Phi) is 8.11. The Balaban J connectivity index is 1.19. The third-order valence-electron chi connectivity index (χ3n) is 8.29. The van der Waals surface area contributed by atoms with Gasteiger partial charge in [0.2, 0.25) is 0 Å². The van der Waals surface area contributed by atoms with Crippen molar-refractivity contribution in [3.05, 3.63) is 64.2 Å². The van der Waals surface area contributed by atoms with Crippen LogP contribution in [0.5, 0.6) is 5.75 Å². The first-order valence-electron chi connectivity index (χ1n) is 14.5. The fourth-order valence-corrected chi connectivity index (χ4v) is 6.08. The van der Waals surface area contributed by atoms with Crippen LogP contribution in [0.15, 0.2) is 36.4 Å². The van der Waals surface area contributed by atoms with Crippen LogP contribution in [0.3, 0.4) is 0 Å². The van der Waals surface area contributed by atoms with E-state index < -0.39 is 5.60 Å². The second-order valence-corrected chi connectivity index (χ2v) is 12.4. The third kappa shape index (κ3) is 6.45. The lowest BCUT2D eigenvalue weighted by Gasteiger charge is -2.26. The average Bonchev–Trinajstić information content (AvgIpc) is 3.27. The first-order valence-corrected chi connectivity index (χ1v) is 14.5. The molecule has 0 saturated heterocycles. The van der Waals surface area contributed by atoms with Crippen molar-refractivity contribution in [3.63, 3.8) is 0 Å². The van der Waals surface area contributed by atoms with Crippen molar-refractivity contribution < 1.29 is 28.7 Å². The molecule has 40 heavy (non-hydrogen) atoms. The van der Waals surface area contributed by atoms with E-state index in [1.54, 1.807) is 4.90 Å². The van der Waals surface area contributed by atoms with E-state index in [0.717, 1.165) is 46.4 Å². The van der Waals surface area contributed by atoms with Crippen LogP contribution in [0.2, 0.25) is 0 Å². The van der Waals surface area contributed by atoms with Crippen LogP contribution in [-0.4, -0.2) is 33.9 Å². The molecule has 1 amide bonds. The summed E-state index contributed by atoms with van der Waals surface area (Å²) in [5.41, 5.74) is 4.36. The zero-order valence-electron chi connectivity index (χ0n) is 23.8. The number of ketones is 3. The zero-order chi connectivity index (χ0) is 28.4. The number of fused-ring (bicyclic) bond motifs is 2. The van der Waals surface area contributed by atoms with E-state index in [1.807, 2.05) is 51.1 Å². The molecule has 2 aromatic carbocycles. The van der Waals surface area contributed by atoms with Crippen LogP contribution in [0.4, 0.5) is 4.79 Å². The van der Waals surface area contributed by atoms with Crippen molar-refractivity contribution >= 4 is 23.4 Å². The van der Waals surface area contributed by atoms with Gasteiger partial charge in [-0.15, -0.1) is 0 Å². The Bertz CT molecular complexity index is 1320. The van der Waals surface area contributed by atoms with Gasteiger partial charge in [-0.25, -0.2) is 4.79 Å². The quantitative estimate of drug-likeness (QED) is 0.392. The molecule has 7 heteroatoms. The third-order valence-corrected chi connectivity index (χ3v) is 8.29. The summed E-state index contributed by atoms with van der Waals surface area (Å²) in [7, 11) is 0. The Morgan fingerprint density at radius 1 is 0.900 bits per heavy atom. The zero-order valence-corrected chi connectivity index (χ0v) is 23.8. The molecule has 7 nitrogen and oxygen atoms in total. The van der Waals surface area contributed by atoms with Gasteiger partial charge in [0.05, 0.1) is 0 Å². The topological polar surface area (TPSA) is 90.0 Å². The number of Topliss-reactive ketones (excluding diaryl/α,β-unsaturated/α-hetero) is 3. The summed E-state index contributed by atoms with van der Waals surface area (Å²) in [6, 6.07) is 11.8. The van der Waals surface area contributed by atoms with Crippen molar-refractivity contribution in [1.29, 1.82) is 0 Å². The summed E-state index contributed by atoms with van der Waals surface area (Å²) in [5.74, 6) is 1.02. The van der Waals surface area contributed by atoms with Crippen molar-refractivity contribution in [2.24, 2.45) is 11.8 Å². The van der Waals surface area contributed by atoms with Gasteiger partial charge >= 0.3 is 6.09 Å². The Hall–Kier alpha value is -3.48. The summed E-state index contributed by atoms with van der Waals surface area (Å²) in [6.45, 7) is 7.01. The first kappa shape index (κ1) is 28.1. The smallest absolute Gasteiger partial charge is 0.410 e. The van der Waals surface area contributed by atoms with Crippen LogP contribution in [0.1, 0.15) is 98.3 Å². The lowest BCUT2D eigenvalue weighted by Crippen LogP contribution is -2.33. The second kappa shape index (κ2) is 11.6. The SMILES string of the molecule is CC(C)(C)OC(=O)N1Cc2ccc(COc3cccc4c3CCC(CCC3CCC(=O)CCC3=O)C4=O)cc2C1. The molecule has 1 heterocycles. The molecule has 1 aliphatic heterocycles. The monoisotopic (exact) mass is 545 g/mol. The van der Waals surface area contributed by atoms with Gasteiger partial charge in [-0.2, -0.15) is 0 Å². The molecular formula is C33H39NO6. The number of carbonyl (C=O) groups is 4. The van der Waals surface area contributed by atoms with E-state index >= 15 is 0 Å². The highest BCUT2D eigenvalue weighted by Crippen LogP contribution is 2.36. The predicted octanol–water partition coefficient (Wildman–Crippen LogP) is 6.37. The molecule has 0 N–H and O–H groups in total. The highest BCUT2D eigenvalue weighted by Gasteiger charge is 2.32. The van der Waals surface area contributed by atoms with Gasteiger partial charge in [0.25, 0.3) is 0 Å². The molecule has 5 rings (SSSR count). The minimum Gasteiger partial charge on any atom is -0.489 e. The van der Waals surface area contributed by atoms with E-state index in [1.165, 1.54) is 0 Å². The van der Waals surface area contributed by atoms with Crippen LogP contribution >= 0.6 is 0 Å². The van der Waals surface area contributed by atoms with Crippen LogP contribution < -0.4 is 4.74 Å². The molecule has 2 aromatic rings. The Morgan fingerprint density at radius 3 is 2.45 bits per heavy atom. The summed E-state index contributed by atoms with van der Waals surface area (Å²) < 4.78 is 11.8. The van der Waals surface area contributed by atoms with Crippen molar-refractivity contribution in [2.75, 3.05) is 0 Å². The molecule has 2 unspecified atom stereocenters. The van der Waals surface area contributed by atoms with Gasteiger partial charge in [0.15, 0.2) is 5.78 Å². The van der Waals surface area contributed by atoms with Crippen molar-refractivity contribution in [1.82, 2.24) is 4.90 Å². The molecule has 212 valence electrons. The minimum absolute atomic E-state index is 0.0980. The molecule has 0 bridgehead atoms. The number of nitrogens with zero attached hydrogens (tertiary/aromatic N) is 1. The predicted molar refractivity (Wildman–Crippen MR) is 150 cm³/mol. The lowest BCUT2D eigenvalue weighted by atomic mass is 9.78. The Morgan fingerprint density at radius 2 is 1.65 bits per heavy atom. The van der Waals surface area contributed by atoms with Crippen LogP contribution in [-0.2, 0) is 40.4 Å². The van der Waals surface area contributed by atoms with Gasteiger partial charge in [0.1, 0.15) is 29.5 Å². The first-order chi connectivity index (χ1) is 19.1.